The Morgan fingerprint density at radius 2 is 0.897 bits per heavy atom. The third-order valence-electron chi connectivity index (χ3n) is 5.72. The molecule has 0 aliphatic carbocycles. The molecule has 0 aromatic carbocycles. The molecule has 3 heteroatoms. The van der Waals surface area contributed by atoms with Crippen LogP contribution in [0.25, 0.3) is 0 Å². The molecule has 0 saturated carbocycles. The Bertz CT molecular complexity index is 322. The fraction of sp³-hybridized carbons (Fsp3) is 1.00. The van der Waals surface area contributed by atoms with E-state index in [1.165, 1.54) is 38.5 Å². The van der Waals surface area contributed by atoms with Gasteiger partial charge in [-0.3, -0.25) is 0 Å². The second kappa shape index (κ2) is 17.5. The lowest BCUT2D eigenvalue weighted by atomic mass is 9.75. The molecule has 3 nitrogen and oxygen atoms in total. The minimum atomic E-state index is -0.902. The second-order valence-corrected chi connectivity index (χ2v) is 9.68. The number of hydrogen-bond donors (Lipinski definition) is 0. The summed E-state index contributed by atoms with van der Waals surface area (Å²) < 4.78 is 19.5. The van der Waals surface area contributed by atoms with E-state index in [4.69, 9.17) is 14.2 Å². The van der Waals surface area contributed by atoms with Crippen molar-refractivity contribution < 1.29 is 14.2 Å². The van der Waals surface area contributed by atoms with Gasteiger partial charge in [0, 0.05) is 5.92 Å². The van der Waals surface area contributed by atoms with E-state index in [0.717, 1.165) is 44.9 Å². The summed E-state index contributed by atoms with van der Waals surface area (Å²) in [5.74, 6) is -0.673. The molecule has 0 aliphatic heterocycles. The maximum Gasteiger partial charge on any atom is 0.286 e. The van der Waals surface area contributed by atoms with E-state index in [1.54, 1.807) is 0 Å². The van der Waals surface area contributed by atoms with E-state index in [0.29, 0.717) is 19.8 Å². The molecule has 176 valence electrons. The van der Waals surface area contributed by atoms with Gasteiger partial charge in [0.05, 0.1) is 19.8 Å². The quantitative estimate of drug-likeness (QED) is 0.148. The molecule has 1 unspecified atom stereocenters. The molecule has 0 heterocycles. The zero-order valence-corrected chi connectivity index (χ0v) is 21.1. The fourth-order valence-electron chi connectivity index (χ4n) is 3.77. The Morgan fingerprint density at radius 1 is 0.517 bits per heavy atom. The lowest BCUT2D eigenvalue weighted by Crippen LogP contribution is -2.52. The minimum absolute atomic E-state index is 0.0636. The van der Waals surface area contributed by atoms with Gasteiger partial charge in [-0.15, -0.1) is 0 Å². The highest BCUT2D eigenvalue weighted by Crippen LogP contribution is 2.43. The zero-order chi connectivity index (χ0) is 22.0. The predicted molar refractivity (Wildman–Crippen MR) is 126 cm³/mol. The van der Waals surface area contributed by atoms with Gasteiger partial charge in [0.15, 0.2) is 0 Å². The second-order valence-electron chi connectivity index (χ2n) is 9.68. The first-order valence-electron chi connectivity index (χ1n) is 12.8. The van der Waals surface area contributed by atoms with Crippen LogP contribution in [0.15, 0.2) is 0 Å². The van der Waals surface area contributed by atoms with Crippen molar-refractivity contribution in [3.05, 3.63) is 0 Å². The van der Waals surface area contributed by atoms with E-state index in [-0.39, 0.29) is 11.3 Å². The summed E-state index contributed by atoms with van der Waals surface area (Å²) >= 11 is 0. The van der Waals surface area contributed by atoms with Gasteiger partial charge < -0.3 is 14.2 Å². The number of unbranched alkanes of at least 4 members (excludes halogenated alkanes) is 8. The molecule has 0 amide bonds. The van der Waals surface area contributed by atoms with Gasteiger partial charge in [0.2, 0.25) is 0 Å². The van der Waals surface area contributed by atoms with E-state index < -0.39 is 5.97 Å². The molecule has 1 atom stereocenters. The van der Waals surface area contributed by atoms with E-state index in [9.17, 15) is 0 Å². The van der Waals surface area contributed by atoms with Crippen LogP contribution in [0.2, 0.25) is 0 Å². The molecule has 0 saturated heterocycles. The monoisotopic (exact) mass is 414 g/mol. The Labute approximate surface area is 183 Å². The smallest absolute Gasteiger partial charge is 0.286 e. The summed E-state index contributed by atoms with van der Waals surface area (Å²) in [6.45, 7) is 18.0. The number of rotatable bonds is 20. The molecule has 0 aliphatic rings. The van der Waals surface area contributed by atoms with Crippen LogP contribution in [0.3, 0.4) is 0 Å². The maximum absolute atomic E-state index is 6.50. The highest BCUT2D eigenvalue weighted by molar-refractivity contribution is 4.83. The molecule has 0 aromatic heterocycles. The van der Waals surface area contributed by atoms with E-state index >= 15 is 0 Å². The van der Waals surface area contributed by atoms with Crippen LogP contribution in [0.4, 0.5) is 0 Å². The van der Waals surface area contributed by atoms with Gasteiger partial charge in [-0.25, -0.2) is 0 Å². The molecule has 0 fully saturated rings. The summed E-state index contributed by atoms with van der Waals surface area (Å²) in [6, 6.07) is 0. The van der Waals surface area contributed by atoms with Crippen molar-refractivity contribution in [3.63, 3.8) is 0 Å². The Kier molecular flexibility index (Phi) is 17.5. The van der Waals surface area contributed by atoms with Gasteiger partial charge in [0.1, 0.15) is 0 Å². The van der Waals surface area contributed by atoms with Crippen molar-refractivity contribution in [3.8, 4) is 0 Å². The van der Waals surface area contributed by atoms with Crippen molar-refractivity contribution in [1.82, 2.24) is 0 Å². The lowest BCUT2D eigenvalue weighted by molar-refractivity contribution is -0.417. The molecular formula is C26H54O3. The minimum Gasteiger partial charge on any atom is -0.327 e. The Morgan fingerprint density at radius 3 is 1.28 bits per heavy atom. The molecule has 0 bridgehead atoms. The summed E-state index contributed by atoms with van der Waals surface area (Å²) in [5, 5.41) is 0. The Balaban J connectivity index is 5.37. The van der Waals surface area contributed by atoms with Crippen LogP contribution < -0.4 is 0 Å². The lowest BCUT2D eigenvalue weighted by Gasteiger charge is -2.45. The first-order chi connectivity index (χ1) is 13.9. The maximum atomic E-state index is 6.50. The summed E-state index contributed by atoms with van der Waals surface area (Å²) in [6.07, 6.45) is 15.5. The van der Waals surface area contributed by atoms with Gasteiger partial charge in [-0.2, -0.15) is 0 Å². The first-order valence-corrected chi connectivity index (χ1v) is 12.8. The molecule has 0 spiro atoms. The van der Waals surface area contributed by atoms with Crippen LogP contribution in [0.1, 0.15) is 132 Å². The SMILES string of the molecule is CCCCCCCCC(C(C)(C)C)C(OCCCC)(OCCCC)OCCCC. The average Bonchev–Trinajstić information content (AvgIpc) is 2.66. The third-order valence-corrected chi connectivity index (χ3v) is 5.72. The largest absolute Gasteiger partial charge is 0.327 e. The number of ether oxygens (including phenoxy) is 3. The fourth-order valence-corrected chi connectivity index (χ4v) is 3.77. The van der Waals surface area contributed by atoms with Crippen LogP contribution in [-0.2, 0) is 14.2 Å². The normalized spacial score (nSPS) is 13.8. The average molecular weight is 415 g/mol. The van der Waals surface area contributed by atoms with Crippen molar-refractivity contribution in [2.75, 3.05) is 19.8 Å². The van der Waals surface area contributed by atoms with E-state index in [2.05, 4.69) is 48.5 Å². The number of hydrogen-bond acceptors (Lipinski definition) is 3. The Hall–Kier alpha value is -0.120. The first kappa shape index (κ1) is 28.9. The molecule has 0 rings (SSSR count). The highest BCUT2D eigenvalue weighted by Gasteiger charge is 2.48. The summed E-state index contributed by atoms with van der Waals surface area (Å²) in [5.41, 5.74) is 0.0636. The van der Waals surface area contributed by atoms with Crippen LogP contribution in [0, 0.1) is 11.3 Å². The van der Waals surface area contributed by atoms with Crippen LogP contribution in [0.5, 0.6) is 0 Å². The summed E-state index contributed by atoms with van der Waals surface area (Å²) in [4.78, 5) is 0. The topological polar surface area (TPSA) is 27.7 Å². The van der Waals surface area contributed by atoms with Crippen LogP contribution >= 0.6 is 0 Å². The highest BCUT2D eigenvalue weighted by atomic mass is 16.9. The van der Waals surface area contributed by atoms with Gasteiger partial charge in [-0.1, -0.05) is 106 Å². The van der Waals surface area contributed by atoms with Crippen molar-refractivity contribution in [2.24, 2.45) is 11.3 Å². The molecule has 0 radical (unpaired) electrons. The molecule has 0 aromatic rings. The third kappa shape index (κ3) is 13.0. The van der Waals surface area contributed by atoms with Crippen molar-refractivity contribution >= 4 is 0 Å². The van der Waals surface area contributed by atoms with Crippen molar-refractivity contribution in [1.29, 1.82) is 0 Å². The van der Waals surface area contributed by atoms with Gasteiger partial charge >= 0.3 is 0 Å². The molecular weight excluding hydrogens is 360 g/mol. The standard InChI is InChI=1S/C26H54O3/c1-8-12-16-17-18-19-20-24(25(5,6)7)26(27-21-13-9-2,28-22-14-10-3)29-23-15-11-4/h24H,8-23H2,1-7H3. The van der Waals surface area contributed by atoms with E-state index in [1.807, 2.05) is 0 Å². The molecule has 0 N–H and O–H groups in total. The van der Waals surface area contributed by atoms with Crippen molar-refractivity contribution in [2.45, 2.75) is 138 Å². The van der Waals surface area contributed by atoms with Gasteiger partial charge in [0.25, 0.3) is 5.97 Å². The predicted octanol–water partition coefficient (Wildman–Crippen LogP) is 8.50. The molecule has 29 heavy (non-hydrogen) atoms. The van der Waals surface area contributed by atoms with Crippen LogP contribution in [-0.4, -0.2) is 25.8 Å². The van der Waals surface area contributed by atoms with Gasteiger partial charge in [-0.05, 0) is 31.1 Å². The zero-order valence-electron chi connectivity index (χ0n) is 21.1. The summed E-state index contributed by atoms with van der Waals surface area (Å²) in [7, 11) is 0.